The molecule has 0 spiro atoms. The molecule has 0 fully saturated rings. The van der Waals surface area contributed by atoms with Gasteiger partial charge >= 0.3 is 5.63 Å². The molecule has 3 aromatic rings. The lowest BCUT2D eigenvalue weighted by atomic mass is 10.0. The topological polar surface area (TPSA) is 80.6 Å². The maximum atomic E-state index is 12.0. The van der Waals surface area contributed by atoms with E-state index in [1.165, 1.54) is 13.0 Å². The highest BCUT2D eigenvalue weighted by atomic mass is 16.5. The van der Waals surface area contributed by atoms with Crippen LogP contribution in [0, 0.1) is 13.8 Å². The fourth-order valence-electron chi connectivity index (χ4n) is 2.99. The number of hydrogen-bond acceptors (Lipinski definition) is 5. The average Bonchev–Trinajstić information content (AvgIpc) is 2.62. The minimum absolute atomic E-state index is 0.149. The molecule has 1 aromatic heterocycles. The van der Waals surface area contributed by atoms with Crippen molar-refractivity contribution in [2.75, 3.05) is 17.7 Å². The second kappa shape index (κ2) is 7.53. The zero-order valence-electron chi connectivity index (χ0n) is 15.8. The van der Waals surface area contributed by atoms with Gasteiger partial charge in [-0.2, -0.15) is 0 Å². The number of fused-ring (bicyclic) bond motifs is 1. The number of amides is 1. The largest absolute Gasteiger partial charge is 0.495 e. The van der Waals surface area contributed by atoms with Crippen molar-refractivity contribution in [2.45, 2.75) is 27.3 Å². The van der Waals surface area contributed by atoms with Crippen molar-refractivity contribution < 1.29 is 13.9 Å². The summed E-state index contributed by atoms with van der Waals surface area (Å²) in [7, 11) is 1.58. The monoisotopic (exact) mass is 366 g/mol. The van der Waals surface area contributed by atoms with Gasteiger partial charge in [0.15, 0.2) is 0 Å². The zero-order chi connectivity index (χ0) is 19.6. The summed E-state index contributed by atoms with van der Waals surface area (Å²) in [5, 5.41) is 6.93. The Bertz CT molecular complexity index is 1070. The molecule has 1 amide bonds. The third kappa shape index (κ3) is 3.95. The van der Waals surface area contributed by atoms with Crippen LogP contribution in [0.1, 0.15) is 23.6 Å². The fourth-order valence-corrected chi connectivity index (χ4v) is 2.99. The molecule has 6 heteroatoms. The first-order valence-corrected chi connectivity index (χ1v) is 8.61. The Labute approximate surface area is 157 Å². The van der Waals surface area contributed by atoms with Crippen molar-refractivity contribution in [3.05, 3.63) is 63.5 Å². The summed E-state index contributed by atoms with van der Waals surface area (Å²) in [6.07, 6.45) is 0. The van der Waals surface area contributed by atoms with Gasteiger partial charge in [-0.1, -0.05) is 12.1 Å². The molecule has 0 aliphatic heterocycles. The Hall–Kier alpha value is -3.28. The van der Waals surface area contributed by atoms with Crippen LogP contribution in [0.2, 0.25) is 0 Å². The van der Waals surface area contributed by atoms with E-state index in [1.807, 2.05) is 26.0 Å². The van der Waals surface area contributed by atoms with E-state index in [0.717, 1.165) is 22.1 Å². The van der Waals surface area contributed by atoms with Gasteiger partial charge in [0, 0.05) is 30.6 Å². The Morgan fingerprint density at radius 1 is 1.15 bits per heavy atom. The minimum atomic E-state index is -0.382. The number of aryl methyl sites for hydroxylation is 2. The van der Waals surface area contributed by atoms with E-state index in [-0.39, 0.29) is 11.5 Å². The lowest BCUT2D eigenvalue weighted by Gasteiger charge is -2.14. The van der Waals surface area contributed by atoms with Gasteiger partial charge in [-0.25, -0.2) is 4.79 Å². The normalized spacial score (nSPS) is 10.7. The van der Waals surface area contributed by atoms with Crippen molar-refractivity contribution in [1.29, 1.82) is 0 Å². The second-order valence-corrected chi connectivity index (χ2v) is 6.42. The van der Waals surface area contributed by atoms with Crippen molar-refractivity contribution in [2.24, 2.45) is 0 Å². The summed E-state index contributed by atoms with van der Waals surface area (Å²) >= 11 is 0. The van der Waals surface area contributed by atoms with Crippen LogP contribution in [0.15, 0.2) is 45.6 Å². The van der Waals surface area contributed by atoms with Crippen molar-refractivity contribution >= 4 is 28.3 Å². The molecule has 140 valence electrons. The molecule has 2 aromatic carbocycles. The Morgan fingerprint density at radius 2 is 1.93 bits per heavy atom. The van der Waals surface area contributed by atoms with Gasteiger partial charge in [0.2, 0.25) is 5.91 Å². The van der Waals surface area contributed by atoms with E-state index >= 15 is 0 Å². The summed E-state index contributed by atoms with van der Waals surface area (Å²) in [5.41, 5.74) is 4.46. The van der Waals surface area contributed by atoms with Gasteiger partial charge in [-0.15, -0.1) is 0 Å². The van der Waals surface area contributed by atoms with Crippen LogP contribution >= 0.6 is 0 Å². The summed E-state index contributed by atoms with van der Waals surface area (Å²) in [6, 6.07) is 10.8. The number of methoxy groups -OCH3 is 1. The van der Waals surface area contributed by atoms with Crippen LogP contribution in [0.25, 0.3) is 11.0 Å². The zero-order valence-corrected chi connectivity index (χ0v) is 15.8. The van der Waals surface area contributed by atoms with Crippen molar-refractivity contribution in [3.8, 4) is 5.75 Å². The molecule has 0 radical (unpaired) electrons. The Morgan fingerprint density at radius 3 is 2.63 bits per heavy atom. The van der Waals surface area contributed by atoms with E-state index in [4.69, 9.17) is 9.15 Å². The molecule has 1 heterocycles. The SMILES string of the molecule is COc1ccc(NC(C)=O)cc1NCc1cc(=O)oc2c(C)c(C)ccc12. The molecule has 0 saturated heterocycles. The highest BCUT2D eigenvalue weighted by Gasteiger charge is 2.11. The molecule has 6 nitrogen and oxygen atoms in total. The van der Waals surface area contributed by atoms with Gasteiger partial charge in [-0.05, 0) is 48.7 Å². The van der Waals surface area contributed by atoms with E-state index < -0.39 is 0 Å². The van der Waals surface area contributed by atoms with Gasteiger partial charge < -0.3 is 19.8 Å². The number of rotatable bonds is 5. The molecule has 0 saturated carbocycles. The molecule has 0 bridgehead atoms. The molecule has 27 heavy (non-hydrogen) atoms. The number of benzene rings is 2. The maximum Gasteiger partial charge on any atom is 0.336 e. The Balaban J connectivity index is 1.96. The number of carbonyl (C=O) groups excluding carboxylic acids is 1. The Kier molecular flexibility index (Phi) is 5.16. The maximum absolute atomic E-state index is 12.0. The van der Waals surface area contributed by atoms with Crippen LogP contribution in [0.5, 0.6) is 5.75 Å². The summed E-state index contributed by atoms with van der Waals surface area (Å²) < 4.78 is 10.8. The fraction of sp³-hybridized carbons (Fsp3) is 0.238. The quantitative estimate of drug-likeness (QED) is 0.668. The third-order valence-electron chi connectivity index (χ3n) is 4.51. The highest BCUT2D eigenvalue weighted by molar-refractivity contribution is 5.89. The van der Waals surface area contributed by atoms with Crippen LogP contribution < -0.4 is 21.0 Å². The van der Waals surface area contributed by atoms with Crippen LogP contribution in [0.3, 0.4) is 0 Å². The number of hydrogen-bond donors (Lipinski definition) is 2. The van der Waals surface area contributed by atoms with E-state index in [1.54, 1.807) is 25.3 Å². The first-order valence-electron chi connectivity index (χ1n) is 8.61. The first kappa shape index (κ1) is 18.5. The summed E-state index contributed by atoms with van der Waals surface area (Å²) in [4.78, 5) is 23.3. The van der Waals surface area contributed by atoms with E-state index in [2.05, 4.69) is 10.6 Å². The lowest BCUT2D eigenvalue weighted by molar-refractivity contribution is -0.114. The van der Waals surface area contributed by atoms with Gasteiger partial charge in [-0.3, -0.25) is 4.79 Å². The van der Waals surface area contributed by atoms with Crippen LogP contribution in [-0.4, -0.2) is 13.0 Å². The van der Waals surface area contributed by atoms with Crippen molar-refractivity contribution in [1.82, 2.24) is 0 Å². The third-order valence-corrected chi connectivity index (χ3v) is 4.51. The number of ether oxygens (including phenoxy) is 1. The van der Waals surface area contributed by atoms with E-state index in [0.29, 0.717) is 29.3 Å². The average molecular weight is 366 g/mol. The molecule has 0 atom stereocenters. The molecular formula is C21H22N2O4. The van der Waals surface area contributed by atoms with Gasteiger partial charge in [0.05, 0.1) is 12.8 Å². The highest BCUT2D eigenvalue weighted by Crippen LogP contribution is 2.29. The minimum Gasteiger partial charge on any atom is -0.495 e. The van der Waals surface area contributed by atoms with Gasteiger partial charge in [0.1, 0.15) is 11.3 Å². The van der Waals surface area contributed by atoms with Crippen LogP contribution in [0.4, 0.5) is 11.4 Å². The molecule has 0 unspecified atom stereocenters. The standard InChI is InChI=1S/C21H22N2O4/c1-12-5-7-17-15(9-20(25)27-21(17)13(12)2)11-22-18-10-16(23-14(3)24)6-8-19(18)26-4/h5-10,22H,11H2,1-4H3,(H,23,24). The molecule has 0 aliphatic carbocycles. The second-order valence-electron chi connectivity index (χ2n) is 6.42. The summed E-state index contributed by atoms with van der Waals surface area (Å²) in [6.45, 7) is 5.79. The molecule has 2 N–H and O–H groups in total. The summed E-state index contributed by atoms with van der Waals surface area (Å²) in [5.74, 6) is 0.493. The van der Waals surface area contributed by atoms with E-state index in [9.17, 15) is 9.59 Å². The number of carbonyl (C=O) groups is 1. The molecule has 0 aliphatic rings. The van der Waals surface area contributed by atoms with Crippen molar-refractivity contribution in [3.63, 3.8) is 0 Å². The van der Waals surface area contributed by atoms with Gasteiger partial charge in [0.25, 0.3) is 0 Å². The molecular weight excluding hydrogens is 344 g/mol. The smallest absolute Gasteiger partial charge is 0.336 e. The number of anilines is 2. The lowest BCUT2D eigenvalue weighted by Crippen LogP contribution is -2.09. The molecule has 3 rings (SSSR count). The number of nitrogens with one attached hydrogen (secondary N) is 2. The van der Waals surface area contributed by atoms with Crippen LogP contribution in [-0.2, 0) is 11.3 Å². The predicted molar refractivity (Wildman–Crippen MR) is 107 cm³/mol. The first-order chi connectivity index (χ1) is 12.9. The predicted octanol–water partition coefficient (Wildman–Crippen LogP) is 3.99.